The van der Waals surface area contributed by atoms with E-state index in [1.807, 2.05) is 5.48 Å². The standard InChI is InChI=1S/C11H19N3O/c12-10(14-15)13-11-4-7-1-8(5-11)3-9(2-7)6-11/h7-9,15H,1-6H2,(H3,12,13,14). The van der Waals surface area contributed by atoms with E-state index in [1.165, 1.54) is 38.5 Å². The van der Waals surface area contributed by atoms with Crippen LogP contribution in [0.1, 0.15) is 38.5 Å². The Kier molecular flexibility index (Phi) is 1.96. The molecule has 15 heavy (non-hydrogen) atoms. The van der Waals surface area contributed by atoms with Gasteiger partial charge in [-0.05, 0) is 56.3 Å². The van der Waals surface area contributed by atoms with Gasteiger partial charge >= 0.3 is 0 Å². The first kappa shape index (κ1) is 9.46. The van der Waals surface area contributed by atoms with Crippen molar-refractivity contribution in [3.05, 3.63) is 0 Å². The molecule has 4 saturated carbocycles. The Morgan fingerprint density at radius 3 is 2.00 bits per heavy atom. The van der Waals surface area contributed by atoms with Gasteiger partial charge in [0.2, 0.25) is 5.96 Å². The summed E-state index contributed by atoms with van der Waals surface area (Å²) in [7, 11) is 0. The largest absolute Gasteiger partial charge is 0.368 e. The topological polar surface area (TPSA) is 70.6 Å². The fourth-order valence-corrected chi connectivity index (χ4v) is 4.48. The number of nitrogens with zero attached hydrogens (tertiary/aromatic N) is 1. The van der Waals surface area contributed by atoms with Crippen LogP contribution in [-0.4, -0.2) is 16.7 Å². The van der Waals surface area contributed by atoms with Gasteiger partial charge in [-0.1, -0.05) is 0 Å². The van der Waals surface area contributed by atoms with E-state index in [4.69, 9.17) is 10.9 Å². The van der Waals surface area contributed by atoms with Gasteiger partial charge in [-0.2, -0.15) is 0 Å². The average Bonchev–Trinajstić information content (AvgIpc) is 2.14. The number of hydrogen-bond donors (Lipinski definition) is 3. The van der Waals surface area contributed by atoms with Crippen molar-refractivity contribution in [2.75, 3.05) is 0 Å². The van der Waals surface area contributed by atoms with Crippen LogP contribution in [0.3, 0.4) is 0 Å². The van der Waals surface area contributed by atoms with Crippen molar-refractivity contribution in [3.8, 4) is 0 Å². The summed E-state index contributed by atoms with van der Waals surface area (Å²) in [6.07, 6.45) is 7.76. The van der Waals surface area contributed by atoms with E-state index in [2.05, 4.69) is 4.99 Å². The highest BCUT2D eigenvalue weighted by Crippen LogP contribution is 2.57. The molecule has 4 aliphatic carbocycles. The number of nitrogens with one attached hydrogen (secondary N) is 1. The Balaban J connectivity index is 1.87. The number of aliphatic imine (C=N–C) groups is 1. The zero-order valence-electron chi connectivity index (χ0n) is 8.95. The number of nitrogens with two attached hydrogens (primary N) is 1. The third-order valence-corrected chi connectivity index (χ3v) is 4.48. The van der Waals surface area contributed by atoms with Crippen LogP contribution >= 0.6 is 0 Å². The molecule has 4 N–H and O–H groups in total. The van der Waals surface area contributed by atoms with Crippen LogP contribution in [0.2, 0.25) is 0 Å². The van der Waals surface area contributed by atoms with E-state index in [1.54, 1.807) is 0 Å². The van der Waals surface area contributed by atoms with Crippen LogP contribution in [0.15, 0.2) is 4.99 Å². The average molecular weight is 209 g/mol. The highest BCUT2D eigenvalue weighted by Gasteiger charge is 2.51. The van der Waals surface area contributed by atoms with Crippen molar-refractivity contribution < 1.29 is 5.21 Å². The molecule has 0 aliphatic heterocycles. The van der Waals surface area contributed by atoms with Crippen LogP contribution < -0.4 is 11.2 Å². The fourth-order valence-electron chi connectivity index (χ4n) is 4.48. The zero-order chi connectivity index (χ0) is 10.5. The second kappa shape index (κ2) is 3.11. The smallest absolute Gasteiger partial charge is 0.213 e. The Morgan fingerprint density at radius 1 is 1.13 bits per heavy atom. The van der Waals surface area contributed by atoms with Crippen LogP contribution in [0.25, 0.3) is 0 Å². The summed E-state index contributed by atoms with van der Waals surface area (Å²) in [4.78, 5) is 4.52. The lowest BCUT2D eigenvalue weighted by Crippen LogP contribution is -2.51. The van der Waals surface area contributed by atoms with Crippen LogP contribution in [0.5, 0.6) is 0 Å². The molecule has 0 aromatic rings. The van der Waals surface area contributed by atoms with Crippen molar-refractivity contribution in [1.82, 2.24) is 5.48 Å². The quantitative estimate of drug-likeness (QED) is 0.346. The number of guanidine groups is 1. The van der Waals surface area contributed by atoms with Crippen molar-refractivity contribution in [2.45, 2.75) is 44.1 Å². The molecular formula is C11H19N3O. The monoisotopic (exact) mass is 209 g/mol. The van der Waals surface area contributed by atoms with E-state index in [-0.39, 0.29) is 11.5 Å². The summed E-state index contributed by atoms with van der Waals surface area (Å²) in [6, 6.07) is 0. The van der Waals surface area contributed by atoms with E-state index < -0.39 is 0 Å². The molecule has 0 heterocycles. The van der Waals surface area contributed by atoms with E-state index in [9.17, 15) is 0 Å². The van der Waals surface area contributed by atoms with Gasteiger partial charge in [-0.15, -0.1) is 0 Å². The maximum absolute atomic E-state index is 8.73. The van der Waals surface area contributed by atoms with Crippen LogP contribution in [-0.2, 0) is 0 Å². The zero-order valence-corrected chi connectivity index (χ0v) is 8.95. The number of hydrogen-bond acceptors (Lipinski definition) is 2. The molecule has 4 bridgehead atoms. The Hall–Kier alpha value is -0.770. The van der Waals surface area contributed by atoms with Crippen LogP contribution in [0, 0.1) is 17.8 Å². The van der Waals surface area contributed by atoms with Gasteiger partial charge in [0.05, 0.1) is 5.54 Å². The Labute approximate surface area is 89.9 Å². The maximum atomic E-state index is 8.73. The molecule has 0 saturated heterocycles. The first-order valence-electron chi connectivity index (χ1n) is 5.94. The molecule has 0 spiro atoms. The molecule has 4 fully saturated rings. The minimum absolute atomic E-state index is 0.0641. The predicted molar refractivity (Wildman–Crippen MR) is 57.4 cm³/mol. The Morgan fingerprint density at radius 2 is 1.60 bits per heavy atom. The lowest BCUT2D eigenvalue weighted by molar-refractivity contribution is 0.00101. The molecule has 0 atom stereocenters. The second-order valence-electron chi connectivity index (χ2n) is 5.75. The molecule has 0 amide bonds. The van der Waals surface area contributed by atoms with Crippen molar-refractivity contribution in [1.29, 1.82) is 0 Å². The summed E-state index contributed by atoms with van der Waals surface area (Å²) >= 11 is 0. The summed E-state index contributed by atoms with van der Waals surface area (Å²) < 4.78 is 0. The lowest BCUT2D eigenvalue weighted by atomic mass is 9.53. The van der Waals surface area contributed by atoms with E-state index >= 15 is 0 Å². The summed E-state index contributed by atoms with van der Waals surface area (Å²) in [5.41, 5.74) is 7.62. The minimum Gasteiger partial charge on any atom is -0.368 e. The first-order chi connectivity index (χ1) is 7.19. The van der Waals surface area contributed by atoms with Gasteiger partial charge in [0.1, 0.15) is 0 Å². The molecule has 4 nitrogen and oxygen atoms in total. The van der Waals surface area contributed by atoms with E-state index in [0.717, 1.165) is 17.8 Å². The maximum Gasteiger partial charge on any atom is 0.213 e. The predicted octanol–water partition coefficient (Wildman–Crippen LogP) is 1.25. The summed E-state index contributed by atoms with van der Waals surface area (Å²) in [5, 5.41) is 8.73. The SMILES string of the molecule is NC(=NC12CC3CC(CC(C3)C1)C2)NO. The molecule has 0 unspecified atom stereocenters. The second-order valence-corrected chi connectivity index (χ2v) is 5.75. The van der Waals surface area contributed by atoms with Gasteiger partial charge < -0.3 is 5.73 Å². The van der Waals surface area contributed by atoms with Gasteiger partial charge in [0.15, 0.2) is 0 Å². The highest BCUT2D eigenvalue weighted by molar-refractivity contribution is 5.77. The molecule has 0 aromatic carbocycles. The molecule has 84 valence electrons. The third kappa shape index (κ3) is 1.51. The van der Waals surface area contributed by atoms with Gasteiger partial charge in [0.25, 0.3) is 0 Å². The van der Waals surface area contributed by atoms with E-state index in [0.29, 0.717) is 0 Å². The molecule has 0 radical (unpaired) electrons. The van der Waals surface area contributed by atoms with Gasteiger partial charge in [0, 0.05) is 0 Å². The van der Waals surface area contributed by atoms with Crippen molar-refractivity contribution >= 4 is 5.96 Å². The molecular weight excluding hydrogens is 190 g/mol. The first-order valence-corrected chi connectivity index (χ1v) is 5.94. The summed E-state index contributed by atoms with van der Waals surface area (Å²) in [6.45, 7) is 0. The number of rotatable bonds is 1. The normalized spacial score (nSPS) is 48.3. The van der Waals surface area contributed by atoms with Crippen molar-refractivity contribution in [3.63, 3.8) is 0 Å². The van der Waals surface area contributed by atoms with Crippen LogP contribution in [0.4, 0.5) is 0 Å². The lowest BCUT2D eigenvalue weighted by Gasteiger charge is -2.54. The highest BCUT2D eigenvalue weighted by atomic mass is 16.5. The molecule has 4 rings (SSSR count). The van der Waals surface area contributed by atoms with Gasteiger partial charge in [-0.25, -0.2) is 10.5 Å². The summed E-state index contributed by atoms with van der Waals surface area (Å²) in [5.74, 6) is 2.79. The number of hydroxylamine groups is 1. The minimum atomic E-state index is 0.0641. The van der Waals surface area contributed by atoms with Crippen molar-refractivity contribution in [2.24, 2.45) is 28.5 Å². The Bertz CT molecular complexity index is 265. The van der Waals surface area contributed by atoms with Gasteiger partial charge in [-0.3, -0.25) is 5.21 Å². The molecule has 0 aromatic heterocycles. The fraction of sp³-hybridized carbons (Fsp3) is 0.909. The molecule has 4 heteroatoms. The molecule has 4 aliphatic rings. The third-order valence-electron chi connectivity index (χ3n) is 4.48.